The monoisotopic (exact) mass is 253 g/mol. The summed E-state index contributed by atoms with van der Waals surface area (Å²) in [6, 6.07) is 9.49. The van der Waals surface area contributed by atoms with E-state index in [1.54, 1.807) is 11.0 Å². The number of rotatable bonds is 3. The molecule has 3 nitrogen and oxygen atoms in total. The number of amides is 1. The third kappa shape index (κ3) is 1.82. The van der Waals surface area contributed by atoms with Crippen molar-refractivity contribution in [2.75, 3.05) is 13.1 Å². The number of likely N-dealkylation sites (tertiary alicyclic amines) is 1. The molecular weight excluding hydrogens is 238 g/mol. The van der Waals surface area contributed by atoms with E-state index in [4.69, 9.17) is 0 Å². The van der Waals surface area contributed by atoms with Crippen molar-refractivity contribution in [1.29, 1.82) is 0 Å². The van der Waals surface area contributed by atoms with Gasteiger partial charge in [0, 0.05) is 36.6 Å². The molecule has 1 unspecified atom stereocenters. The van der Waals surface area contributed by atoms with Gasteiger partial charge in [-0.25, -0.2) is 0 Å². The number of benzene rings is 1. The van der Waals surface area contributed by atoms with E-state index in [0.29, 0.717) is 30.7 Å². The minimum absolute atomic E-state index is 0.00500. The molecule has 0 radical (unpaired) electrons. The first kappa shape index (κ1) is 11.9. The number of Topliss-reactive ketones (excluding diaryl/α,β-unsaturated/α-hetero) is 1. The third-order valence-corrected chi connectivity index (χ3v) is 3.76. The molecule has 0 aromatic heterocycles. The fraction of sp³-hybridized carbons (Fsp3) is 0.250. The number of carbonyl (C=O) groups excluding carboxylic acids is 2. The van der Waals surface area contributed by atoms with Gasteiger partial charge in [-0.15, -0.1) is 6.58 Å². The van der Waals surface area contributed by atoms with Crippen LogP contribution in [0, 0.1) is 5.92 Å². The van der Waals surface area contributed by atoms with Crippen LogP contribution in [-0.2, 0) is 9.59 Å². The van der Waals surface area contributed by atoms with Gasteiger partial charge in [-0.1, -0.05) is 36.4 Å². The van der Waals surface area contributed by atoms with Gasteiger partial charge in [-0.05, 0) is 5.56 Å². The maximum atomic E-state index is 12.4. The van der Waals surface area contributed by atoms with E-state index < -0.39 is 0 Å². The van der Waals surface area contributed by atoms with E-state index >= 15 is 0 Å². The summed E-state index contributed by atoms with van der Waals surface area (Å²) < 4.78 is 0. The van der Waals surface area contributed by atoms with Crippen molar-refractivity contribution < 1.29 is 9.59 Å². The second-order valence-electron chi connectivity index (χ2n) is 4.98. The molecule has 1 atom stereocenters. The number of hydrogen-bond acceptors (Lipinski definition) is 2. The number of nitrogens with zero attached hydrogens (tertiary/aromatic N) is 1. The van der Waals surface area contributed by atoms with Crippen molar-refractivity contribution in [2.45, 2.75) is 6.42 Å². The molecule has 1 amide bonds. The summed E-state index contributed by atoms with van der Waals surface area (Å²) in [4.78, 5) is 26.3. The normalized spacial score (nSPS) is 22.1. The number of ketones is 1. The van der Waals surface area contributed by atoms with E-state index in [1.807, 2.05) is 30.3 Å². The summed E-state index contributed by atoms with van der Waals surface area (Å²) in [5.41, 5.74) is 2.19. The summed E-state index contributed by atoms with van der Waals surface area (Å²) in [5.74, 6) is 0.155. The highest BCUT2D eigenvalue weighted by atomic mass is 16.2. The van der Waals surface area contributed by atoms with Crippen molar-refractivity contribution in [1.82, 2.24) is 4.90 Å². The quantitative estimate of drug-likeness (QED) is 0.773. The molecule has 1 aliphatic heterocycles. The molecule has 1 aromatic rings. The number of allylic oxidation sites excluding steroid dienone is 1. The average Bonchev–Trinajstić information content (AvgIpc) is 2.88. The minimum atomic E-state index is -0.00500. The topological polar surface area (TPSA) is 37.4 Å². The lowest BCUT2D eigenvalue weighted by Gasteiger charge is -2.13. The first-order chi connectivity index (χ1) is 9.22. The van der Waals surface area contributed by atoms with Crippen molar-refractivity contribution in [3.05, 3.63) is 54.1 Å². The maximum absolute atomic E-state index is 12.4. The number of fused-ring (bicyclic) bond motifs is 1. The van der Waals surface area contributed by atoms with Crippen LogP contribution < -0.4 is 0 Å². The Morgan fingerprint density at radius 3 is 2.68 bits per heavy atom. The summed E-state index contributed by atoms with van der Waals surface area (Å²) in [5, 5.41) is 0. The van der Waals surface area contributed by atoms with E-state index in [0.717, 1.165) is 5.56 Å². The van der Waals surface area contributed by atoms with Gasteiger partial charge in [0.2, 0.25) is 0 Å². The largest absolute Gasteiger partial charge is 0.335 e. The van der Waals surface area contributed by atoms with E-state index in [-0.39, 0.29) is 17.6 Å². The van der Waals surface area contributed by atoms with E-state index in [9.17, 15) is 9.59 Å². The molecule has 1 heterocycles. The van der Waals surface area contributed by atoms with Crippen LogP contribution in [-0.4, -0.2) is 29.7 Å². The van der Waals surface area contributed by atoms with Crippen LogP contribution >= 0.6 is 0 Å². The Bertz CT molecular complexity index is 586. The molecule has 1 fully saturated rings. The Kier molecular flexibility index (Phi) is 2.82. The second-order valence-corrected chi connectivity index (χ2v) is 4.98. The lowest BCUT2D eigenvalue weighted by atomic mass is 10.00. The fourth-order valence-electron chi connectivity index (χ4n) is 2.97. The van der Waals surface area contributed by atoms with Crippen LogP contribution in [0.4, 0.5) is 0 Å². The van der Waals surface area contributed by atoms with Gasteiger partial charge in [-0.3, -0.25) is 9.59 Å². The standard InChI is InChI=1S/C16H15NO2/c1-2-8-17-10-12-9-13(18)14(15(12)16(17)19)11-6-4-3-5-7-11/h2-7,12H,1,8-10H2. The van der Waals surface area contributed by atoms with Crippen LogP contribution in [0.5, 0.6) is 0 Å². The fourth-order valence-corrected chi connectivity index (χ4v) is 2.97. The van der Waals surface area contributed by atoms with E-state index in [2.05, 4.69) is 6.58 Å². The van der Waals surface area contributed by atoms with Crippen LogP contribution in [0.25, 0.3) is 5.57 Å². The molecule has 0 N–H and O–H groups in total. The molecule has 1 aromatic carbocycles. The van der Waals surface area contributed by atoms with Gasteiger partial charge in [0.15, 0.2) is 5.78 Å². The van der Waals surface area contributed by atoms with Crippen LogP contribution in [0.15, 0.2) is 48.6 Å². The smallest absolute Gasteiger partial charge is 0.251 e. The summed E-state index contributed by atoms with van der Waals surface area (Å²) in [6.07, 6.45) is 2.18. The summed E-state index contributed by atoms with van der Waals surface area (Å²) >= 11 is 0. The molecule has 96 valence electrons. The first-order valence-electron chi connectivity index (χ1n) is 6.45. The Morgan fingerprint density at radius 1 is 1.26 bits per heavy atom. The van der Waals surface area contributed by atoms with Crippen molar-refractivity contribution in [3.63, 3.8) is 0 Å². The van der Waals surface area contributed by atoms with E-state index in [1.165, 1.54) is 0 Å². The molecule has 2 aliphatic rings. The molecule has 3 rings (SSSR count). The molecular formula is C16H15NO2. The van der Waals surface area contributed by atoms with Gasteiger partial charge >= 0.3 is 0 Å². The molecule has 19 heavy (non-hydrogen) atoms. The highest BCUT2D eigenvalue weighted by Crippen LogP contribution is 2.40. The molecule has 1 saturated heterocycles. The maximum Gasteiger partial charge on any atom is 0.251 e. The summed E-state index contributed by atoms with van der Waals surface area (Å²) in [7, 11) is 0. The van der Waals surface area contributed by atoms with Gasteiger partial charge in [0.25, 0.3) is 5.91 Å². The third-order valence-electron chi connectivity index (χ3n) is 3.76. The molecule has 3 heteroatoms. The van der Waals surface area contributed by atoms with Gasteiger partial charge in [0.1, 0.15) is 0 Å². The minimum Gasteiger partial charge on any atom is -0.335 e. The lowest BCUT2D eigenvalue weighted by molar-refractivity contribution is -0.124. The Morgan fingerprint density at radius 2 is 2.00 bits per heavy atom. The molecule has 1 aliphatic carbocycles. The molecule has 0 spiro atoms. The van der Waals surface area contributed by atoms with Crippen LogP contribution in [0.2, 0.25) is 0 Å². The predicted octanol–water partition coefficient (Wildman–Crippen LogP) is 2.06. The highest BCUT2D eigenvalue weighted by molar-refractivity contribution is 6.30. The van der Waals surface area contributed by atoms with Gasteiger partial charge in [0.05, 0.1) is 0 Å². The van der Waals surface area contributed by atoms with Crippen molar-refractivity contribution in [3.8, 4) is 0 Å². The lowest BCUT2D eigenvalue weighted by Crippen LogP contribution is -2.26. The van der Waals surface area contributed by atoms with Crippen molar-refractivity contribution >= 4 is 17.3 Å². The zero-order valence-corrected chi connectivity index (χ0v) is 10.6. The zero-order valence-electron chi connectivity index (χ0n) is 10.6. The Balaban J connectivity index is 2.07. The number of carbonyl (C=O) groups is 2. The van der Waals surface area contributed by atoms with Crippen LogP contribution in [0.3, 0.4) is 0 Å². The SMILES string of the molecule is C=CCN1CC2CC(=O)C(c3ccccc3)=C2C1=O. The molecule has 0 saturated carbocycles. The number of hydrogen-bond donors (Lipinski definition) is 0. The van der Waals surface area contributed by atoms with Crippen molar-refractivity contribution in [2.24, 2.45) is 5.92 Å². The average molecular weight is 253 g/mol. The molecule has 0 bridgehead atoms. The van der Waals surface area contributed by atoms with Gasteiger partial charge < -0.3 is 4.90 Å². The van der Waals surface area contributed by atoms with Gasteiger partial charge in [-0.2, -0.15) is 0 Å². The summed E-state index contributed by atoms with van der Waals surface area (Å²) in [6.45, 7) is 4.86. The predicted molar refractivity (Wildman–Crippen MR) is 73.3 cm³/mol. The Labute approximate surface area is 112 Å². The zero-order chi connectivity index (χ0) is 13.4. The first-order valence-corrected chi connectivity index (χ1v) is 6.45. The highest BCUT2D eigenvalue weighted by Gasteiger charge is 2.44. The Hall–Kier alpha value is -2.16. The second kappa shape index (κ2) is 4.50. The van der Waals surface area contributed by atoms with Crippen LogP contribution in [0.1, 0.15) is 12.0 Å².